The lowest BCUT2D eigenvalue weighted by Crippen LogP contribution is -2.19. The van der Waals surface area contributed by atoms with Crippen LogP contribution in [0.1, 0.15) is 35.7 Å². The highest BCUT2D eigenvalue weighted by molar-refractivity contribution is 5.89. The number of carboxylic acid groups (broad SMARTS) is 1. The predicted octanol–water partition coefficient (Wildman–Crippen LogP) is 1.87. The molecular formula is C14H17NO3. The van der Waals surface area contributed by atoms with Gasteiger partial charge in [0.1, 0.15) is 0 Å². The van der Waals surface area contributed by atoms with E-state index in [0.29, 0.717) is 12.5 Å². The van der Waals surface area contributed by atoms with Crippen LogP contribution in [0.5, 0.6) is 0 Å². The minimum Gasteiger partial charge on any atom is -0.478 e. The van der Waals surface area contributed by atoms with E-state index in [1.165, 1.54) is 0 Å². The number of carboxylic acids is 1. The zero-order valence-electron chi connectivity index (χ0n) is 10.5. The number of aromatic carboxylic acids is 1. The fraction of sp³-hybridized carbons (Fsp3) is 0.429. The summed E-state index contributed by atoms with van der Waals surface area (Å²) >= 11 is 0. The Kier molecular flexibility index (Phi) is 3.36. The normalized spacial score (nSPS) is 23.2. The summed E-state index contributed by atoms with van der Waals surface area (Å²) in [6.07, 6.45) is 0. The summed E-state index contributed by atoms with van der Waals surface area (Å²) in [5.41, 5.74) is 1.15. The Balaban J connectivity index is 2.29. The van der Waals surface area contributed by atoms with Crippen molar-refractivity contribution in [2.45, 2.75) is 19.8 Å². The molecule has 0 aliphatic carbocycles. The molecular weight excluding hydrogens is 230 g/mol. The molecule has 1 aliphatic rings. The molecule has 1 aromatic carbocycles. The van der Waals surface area contributed by atoms with E-state index in [-0.39, 0.29) is 23.3 Å². The Morgan fingerprint density at radius 3 is 2.44 bits per heavy atom. The molecule has 4 heteroatoms. The van der Waals surface area contributed by atoms with Crippen LogP contribution in [-0.2, 0) is 4.79 Å². The Labute approximate surface area is 106 Å². The van der Waals surface area contributed by atoms with Gasteiger partial charge < -0.3 is 10.4 Å². The summed E-state index contributed by atoms with van der Waals surface area (Å²) in [4.78, 5) is 22.7. The average molecular weight is 247 g/mol. The Hall–Kier alpha value is -1.84. The molecule has 0 saturated carbocycles. The number of carbonyl (C=O) groups is 2. The number of hydrogen-bond acceptors (Lipinski definition) is 2. The van der Waals surface area contributed by atoms with E-state index in [4.69, 9.17) is 5.11 Å². The topological polar surface area (TPSA) is 66.4 Å². The number of benzene rings is 1. The smallest absolute Gasteiger partial charge is 0.335 e. The van der Waals surface area contributed by atoms with Crippen molar-refractivity contribution < 1.29 is 14.7 Å². The molecule has 2 N–H and O–H groups in total. The van der Waals surface area contributed by atoms with Crippen molar-refractivity contribution in [3.05, 3.63) is 35.4 Å². The molecule has 18 heavy (non-hydrogen) atoms. The number of carbonyl (C=O) groups excluding carboxylic acids is 1. The lowest BCUT2D eigenvalue weighted by atomic mass is 9.81. The first kappa shape index (κ1) is 12.6. The van der Waals surface area contributed by atoms with Crippen LogP contribution in [-0.4, -0.2) is 23.5 Å². The first-order valence-corrected chi connectivity index (χ1v) is 6.11. The molecule has 2 rings (SSSR count). The molecule has 1 heterocycles. The van der Waals surface area contributed by atoms with Crippen LogP contribution in [0.4, 0.5) is 0 Å². The van der Waals surface area contributed by atoms with E-state index < -0.39 is 5.97 Å². The van der Waals surface area contributed by atoms with Gasteiger partial charge in [-0.25, -0.2) is 4.79 Å². The van der Waals surface area contributed by atoms with Crippen molar-refractivity contribution in [1.82, 2.24) is 5.32 Å². The maximum Gasteiger partial charge on any atom is 0.335 e. The van der Waals surface area contributed by atoms with Crippen LogP contribution in [0.25, 0.3) is 0 Å². The highest BCUT2D eigenvalue weighted by Crippen LogP contribution is 2.34. The van der Waals surface area contributed by atoms with Crippen LogP contribution >= 0.6 is 0 Å². The molecule has 1 unspecified atom stereocenters. The fourth-order valence-electron chi connectivity index (χ4n) is 2.49. The Morgan fingerprint density at radius 2 is 1.94 bits per heavy atom. The summed E-state index contributed by atoms with van der Waals surface area (Å²) < 4.78 is 0. The van der Waals surface area contributed by atoms with Crippen LogP contribution in [0, 0.1) is 11.8 Å². The second kappa shape index (κ2) is 4.80. The lowest BCUT2D eigenvalue weighted by Gasteiger charge is -2.20. The van der Waals surface area contributed by atoms with Crippen molar-refractivity contribution in [3.8, 4) is 0 Å². The Bertz CT molecular complexity index is 464. The van der Waals surface area contributed by atoms with Crippen LogP contribution in [0.3, 0.4) is 0 Å². The molecule has 1 aromatic rings. The van der Waals surface area contributed by atoms with Crippen LogP contribution in [0.2, 0.25) is 0 Å². The molecule has 1 fully saturated rings. The van der Waals surface area contributed by atoms with E-state index in [1.54, 1.807) is 24.3 Å². The Morgan fingerprint density at radius 1 is 1.33 bits per heavy atom. The van der Waals surface area contributed by atoms with Crippen LogP contribution in [0.15, 0.2) is 24.3 Å². The molecule has 0 spiro atoms. The van der Waals surface area contributed by atoms with Gasteiger partial charge in [-0.3, -0.25) is 4.79 Å². The zero-order chi connectivity index (χ0) is 13.3. The van der Waals surface area contributed by atoms with Gasteiger partial charge in [-0.15, -0.1) is 0 Å². The number of amides is 1. The van der Waals surface area contributed by atoms with Gasteiger partial charge in [0.25, 0.3) is 0 Å². The minimum absolute atomic E-state index is 0.0387. The third kappa shape index (κ3) is 2.23. The molecule has 1 aliphatic heterocycles. The first-order chi connectivity index (χ1) is 8.50. The fourth-order valence-corrected chi connectivity index (χ4v) is 2.49. The summed E-state index contributed by atoms with van der Waals surface area (Å²) in [7, 11) is 0. The summed E-state index contributed by atoms with van der Waals surface area (Å²) in [5.74, 6) is -0.385. The number of hydrogen-bond donors (Lipinski definition) is 2. The largest absolute Gasteiger partial charge is 0.478 e. The van der Waals surface area contributed by atoms with Crippen molar-refractivity contribution >= 4 is 11.9 Å². The maximum atomic E-state index is 11.9. The predicted molar refractivity (Wildman–Crippen MR) is 67.5 cm³/mol. The maximum absolute atomic E-state index is 11.9. The average Bonchev–Trinajstić information content (AvgIpc) is 2.71. The highest BCUT2D eigenvalue weighted by atomic mass is 16.4. The first-order valence-electron chi connectivity index (χ1n) is 6.11. The summed E-state index contributed by atoms with van der Waals surface area (Å²) in [6.45, 7) is 4.90. The molecule has 2 atom stereocenters. The van der Waals surface area contributed by atoms with Crippen molar-refractivity contribution in [2.24, 2.45) is 11.8 Å². The molecule has 0 radical (unpaired) electrons. The van der Waals surface area contributed by atoms with Crippen molar-refractivity contribution in [3.63, 3.8) is 0 Å². The van der Waals surface area contributed by atoms with E-state index in [9.17, 15) is 9.59 Å². The SMILES string of the molecule is CC(C)C1CNC(=O)[C@@H]1c1ccc(C(=O)O)cc1. The molecule has 1 saturated heterocycles. The molecule has 0 aromatic heterocycles. The molecule has 1 amide bonds. The summed E-state index contributed by atoms with van der Waals surface area (Å²) in [5, 5.41) is 11.7. The van der Waals surface area contributed by atoms with E-state index in [1.807, 2.05) is 0 Å². The minimum atomic E-state index is -0.946. The van der Waals surface area contributed by atoms with Gasteiger partial charge in [-0.05, 0) is 29.5 Å². The number of nitrogens with one attached hydrogen (secondary N) is 1. The molecule has 4 nitrogen and oxygen atoms in total. The van der Waals surface area contributed by atoms with Gasteiger partial charge in [0.2, 0.25) is 5.91 Å². The molecule has 96 valence electrons. The van der Waals surface area contributed by atoms with Gasteiger partial charge in [0.15, 0.2) is 0 Å². The van der Waals surface area contributed by atoms with Gasteiger partial charge in [-0.2, -0.15) is 0 Å². The standard InChI is InChI=1S/C14H17NO3/c1-8(2)11-7-15-13(16)12(11)9-3-5-10(6-4-9)14(17)18/h3-6,8,11-12H,7H2,1-2H3,(H,15,16)(H,17,18)/t11?,12-/m1/s1. The zero-order valence-corrected chi connectivity index (χ0v) is 10.5. The highest BCUT2D eigenvalue weighted by Gasteiger charge is 2.37. The second-order valence-electron chi connectivity index (χ2n) is 5.06. The lowest BCUT2D eigenvalue weighted by molar-refractivity contribution is -0.120. The third-order valence-electron chi connectivity index (χ3n) is 3.60. The monoisotopic (exact) mass is 247 g/mol. The van der Waals surface area contributed by atoms with Crippen LogP contribution < -0.4 is 5.32 Å². The van der Waals surface area contributed by atoms with Gasteiger partial charge >= 0.3 is 5.97 Å². The van der Waals surface area contributed by atoms with Gasteiger partial charge in [0, 0.05) is 6.54 Å². The summed E-state index contributed by atoms with van der Waals surface area (Å²) in [6, 6.07) is 6.60. The third-order valence-corrected chi connectivity index (χ3v) is 3.60. The van der Waals surface area contributed by atoms with Gasteiger partial charge in [0.05, 0.1) is 11.5 Å². The second-order valence-corrected chi connectivity index (χ2v) is 5.06. The van der Waals surface area contributed by atoms with E-state index >= 15 is 0 Å². The molecule has 0 bridgehead atoms. The van der Waals surface area contributed by atoms with Gasteiger partial charge in [-0.1, -0.05) is 26.0 Å². The van der Waals surface area contributed by atoms with Crippen molar-refractivity contribution in [2.75, 3.05) is 6.54 Å². The van der Waals surface area contributed by atoms with Crippen molar-refractivity contribution in [1.29, 1.82) is 0 Å². The van der Waals surface area contributed by atoms with E-state index in [0.717, 1.165) is 5.56 Å². The quantitative estimate of drug-likeness (QED) is 0.857. The van der Waals surface area contributed by atoms with E-state index in [2.05, 4.69) is 19.2 Å². The number of rotatable bonds is 3.